The number of thiazole rings is 1. The first kappa shape index (κ1) is 11.8. The van der Waals surface area contributed by atoms with Crippen molar-refractivity contribution in [1.29, 1.82) is 0 Å². The lowest BCUT2D eigenvalue weighted by Crippen LogP contribution is -1.92. The fraction of sp³-hybridized carbons (Fsp3) is 0.167. The maximum absolute atomic E-state index is 5.58. The Morgan fingerprint density at radius 2 is 2.21 bits per heavy atom. The van der Waals surface area contributed by atoms with Gasteiger partial charge in [-0.2, -0.15) is 4.98 Å². The molecule has 0 aliphatic carbocycles. The largest absolute Gasteiger partial charge is 0.397 e. The molecule has 0 radical (unpaired) electrons. The van der Waals surface area contributed by atoms with Crippen LogP contribution in [0.2, 0.25) is 0 Å². The first-order valence-electron chi connectivity index (χ1n) is 5.66. The van der Waals surface area contributed by atoms with Gasteiger partial charge >= 0.3 is 0 Å². The third-order valence-corrected chi connectivity index (χ3v) is 3.30. The maximum Gasteiger partial charge on any atom is 0.276 e. The molecule has 0 aliphatic rings. The molecule has 0 unspecified atom stereocenters. The molecule has 0 saturated heterocycles. The summed E-state index contributed by atoms with van der Waals surface area (Å²) in [6.45, 7) is 1.97. The van der Waals surface area contributed by atoms with E-state index in [-0.39, 0.29) is 0 Å². The van der Waals surface area contributed by atoms with E-state index in [0.717, 1.165) is 10.7 Å². The van der Waals surface area contributed by atoms with Gasteiger partial charge in [-0.1, -0.05) is 5.16 Å². The highest BCUT2D eigenvalue weighted by atomic mass is 32.1. The maximum atomic E-state index is 5.58. The van der Waals surface area contributed by atoms with Gasteiger partial charge in [0.15, 0.2) is 5.82 Å². The standard InChI is InChI=1S/C12H11N5OS/c1-7-15-9(6-19-7)4-11-16-12(18-17-11)10-3-2-8(13)5-14-10/h2-3,5-6H,4,13H2,1H3. The lowest BCUT2D eigenvalue weighted by molar-refractivity contribution is 0.422. The van der Waals surface area contributed by atoms with Crippen LogP contribution in [0.1, 0.15) is 16.5 Å². The fourth-order valence-corrected chi connectivity index (χ4v) is 2.23. The molecule has 3 aromatic heterocycles. The summed E-state index contributed by atoms with van der Waals surface area (Å²) in [5, 5.41) is 6.95. The Morgan fingerprint density at radius 3 is 2.89 bits per heavy atom. The first-order valence-corrected chi connectivity index (χ1v) is 6.54. The molecule has 6 nitrogen and oxygen atoms in total. The molecule has 96 valence electrons. The van der Waals surface area contributed by atoms with Gasteiger partial charge in [0.05, 0.1) is 29.0 Å². The number of hydrogen-bond donors (Lipinski definition) is 1. The van der Waals surface area contributed by atoms with Crippen molar-refractivity contribution in [2.24, 2.45) is 0 Å². The van der Waals surface area contributed by atoms with E-state index in [1.807, 2.05) is 12.3 Å². The highest BCUT2D eigenvalue weighted by molar-refractivity contribution is 7.09. The van der Waals surface area contributed by atoms with Crippen molar-refractivity contribution in [2.45, 2.75) is 13.3 Å². The molecular weight excluding hydrogens is 262 g/mol. The Balaban J connectivity index is 1.81. The van der Waals surface area contributed by atoms with E-state index in [1.54, 1.807) is 29.7 Å². The molecule has 0 atom stereocenters. The molecular formula is C12H11N5OS. The van der Waals surface area contributed by atoms with Crippen LogP contribution in [0.25, 0.3) is 11.6 Å². The van der Waals surface area contributed by atoms with Crippen LogP contribution in [0.5, 0.6) is 0 Å². The zero-order valence-corrected chi connectivity index (χ0v) is 11.0. The van der Waals surface area contributed by atoms with Crippen LogP contribution in [0.4, 0.5) is 5.69 Å². The number of hydrogen-bond acceptors (Lipinski definition) is 7. The Labute approximate surface area is 113 Å². The van der Waals surface area contributed by atoms with Crippen molar-refractivity contribution < 1.29 is 4.52 Å². The summed E-state index contributed by atoms with van der Waals surface area (Å²) in [5.74, 6) is 0.987. The van der Waals surface area contributed by atoms with E-state index in [2.05, 4.69) is 20.1 Å². The van der Waals surface area contributed by atoms with Crippen LogP contribution in [-0.4, -0.2) is 20.1 Å². The van der Waals surface area contributed by atoms with E-state index < -0.39 is 0 Å². The third-order valence-electron chi connectivity index (χ3n) is 2.48. The lowest BCUT2D eigenvalue weighted by atomic mass is 10.3. The van der Waals surface area contributed by atoms with Crippen LogP contribution in [0.3, 0.4) is 0 Å². The normalized spacial score (nSPS) is 10.8. The van der Waals surface area contributed by atoms with E-state index in [0.29, 0.717) is 29.5 Å². The highest BCUT2D eigenvalue weighted by Crippen LogP contribution is 2.17. The molecule has 19 heavy (non-hydrogen) atoms. The van der Waals surface area contributed by atoms with Crippen molar-refractivity contribution >= 4 is 17.0 Å². The number of nitrogens with zero attached hydrogens (tertiary/aromatic N) is 4. The van der Waals surface area contributed by atoms with Crippen molar-refractivity contribution in [3.05, 3.63) is 40.2 Å². The second-order valence-corrected chi connectivity index (χ2v) is 5.09. The minimum atomic E-state index is 0.391. The van der Waals surface area contributed by atoms with E-state index in [1.165, 1.54) is 0 Å². The van der Waals surface area contributed by atoms with E-state index in [9.17, 15) is 0 Å². The van der Waals surface area contributed by atoms with Crippen molar-refractivity contribution in [3.63, 3.8) is 0 Å². The molecule has 2 N–H and O–H groups in total. The molecule has 3 aromatic rings. The van der Waals surface area contributed by atoms with Gasteiger partial charge in [0.25, 0.3) is 5.89 Å². The summed E-state index contributed by atoms with van der Waals surface area (Å²) in [6, 6.07) is 3.50. The zero-order chi connectivity index (χ0) is 13.2. The second kappa shape index (κ2) is 4.77. The first-order chi connectivity index (χ1) is 9.20. The topological polar surface area (TPSA) is 90.7 Å². The Bertz CT molecular complexity index is 688. The number of anilines is 1. The van der Waals surface area contributed by atoms with Crippen molar-refractivity contribution in [1.82, 2.24) is 20.1 Å². The van der Waals surface area contributed by atoms with Crippen LogP contribution in [-0.2, 0) is 6.42 Å². The molecule has 7 heteroatoms. The molecule has 0 amide bonds. The summed E-state index contributed by atoms with van der Waals surface area (Å²) in [7, 11) is 0. The predicted octanol–water partition coefficient (Wildman–Crippen LogP) is 2.07. The van der Waals surface area contributed by atoms with Gasteiger partial charge in [0.1, 0.15) is 5.69 Å². The molecule has 0 aromatic carbocycles. The van der Waals surface area contributed by atoms with Crippen molar-refractivity contribution in [2.75, 3.05) is 5.73 Å². The third kappa shape index (κ3) is 2.60. The molecule has 0 fully saturated rings. The summed E-state index contributed by atoms with van der Waals surface area (Å²) in [5.41, 5.74) is 7.73. The average Bonchev–Trinajstić information content (AvgIpc) is 3.00. The summed E-state index contributed by atoms with van der Waals surface area (Å²) in [6.07, 6.45) is 2.12. The van der Waals surface area contributed by atoms with Crippen LogP contribution < -0.4 is 5.73 Å². The summed E-state index contributed by atoms with van der Waals surface area (Å²) in [4.78, 5) is 12.8. The Hall–Kier alpha value is -2.28. The van der Waals surface area contributed by atoms with E-state index in [4.69, 9.17) is 10.3 Å². The highest BCUT2D eigenvalue weighted by Gasteiger charge is 2.11. The van der Waals surface area contributed by atoms with Gasteiger partial charge in [-0.15, -0.1) is 11.3 Å². The molecule has 3 rings (SSSR count). The van der Waals surface area contributed by atoms with Crippen molar-refractivity contribution in [3.8, 4) is 11.6 Å². The molecule has 0 aliphatic heterocycles. The predicted molar refractivity (Wildman–Crippen MR) is 71.6 cm³/mol. The van der Waals surface area contributed by atoms with Gasteiger partial charge in [-0.05, 0) is 19.1 Å². The molecule has 0 bridgehead atoms. The van der Waals surface area contributed by atoms with Gasteiger partial charge in [-0.25, -0.2) is 9.97 Å². The quantitative estimate of drug-likeness (QED) is 0.785. The van der Waals surface area contributed by atoms with Gasteiger partial charge in [0.2, 0.25) is 0 Å². The Morgan fingerprint density at radius 1 is 1.32 bits per heavy atom. The number of pyridine rings is 1. The second-order valence-electron chi connectivity index (χ2n) is 4.03. The number of rotatable bonds is 3. The summed E-state index contributed by atoms with van der Waals surface area (Å²) >= 11 is 1.60. The number of aryl methyl sites for hydroxylation is 1. The zero-order valence-electron chi connectivity index (χ0n) is 10.2. The lowest BCUT2D eigenvalue weighted by Gasteiger charge is -1.93. The molecule has 3 heterocycles. The smallest absolute Gasteiger partial charge is 0.276 e. The SMILES string of the molecule is Cc1nc(Cc2noc(-c3ccc(N)cn3)n2)cs1. The van der Waals surface area contributed by atoms with Crippen LogP contribution in [0, 0.1) is 6.92 Å². The number of nitrogen functional groups attached to an aromatic ring is 1. The van der Waals surface area contributed by atoms with Gasteiger partial charge in [0, 0.05) is 5.38 Å². The van der Waals surface area contributed by atoms with E-state index >= 15 is 0 Å². The minimum absolute atomic E-state index is 0.391. The van der Waals surface area contributed by atoms with Gasteiger partial charge < -0.3 is 10.3 Å². The van der Waals surface area contributed by atoms with Crippen LogP contribution in [0.15, 0.2) is 28.2 Å². The Kier molecular flexibility index (Phi) is 2.96. The summed E-state index contributed by atoms with van der Waals surface area (Å²) < 4.78 is 5.18. The number of nitrogens with two attached hydrogens (primary N) is 1. The molecule has 0 spiro atoms. The molecule has 0 saturated carbocycles. The monoisotopic (exact) mass is 273 g/mol. The van der Waals surface area contributed by atoms with Crippen LogP contribution >= 0.6 is 11.3 Å². The minimum Gasteiger partial charge on any atom is -0.397 e. The number of aromatic nitrogens is 4. The fourth-order valence-electron chi connectivity index (χ4n) is 1.61. The average molecular weight is 273 g/mol. The van der Waals surface area contributed by atoms with Gasteiger partial charge in [-0.3, -0.25) is 0 Å².